The minimum Gasteiger partial charge on any atom is -0.464 e. The summed E-state index contributed by atoms with van der Waals surface area (Å²) in [7, 11) is 0. The lowest BCUT2D eigenvalue weighted by atomic mass is 10.1. The quantitative estimate of drug-likeness (QED) is 0.410. The topological polar surface area (TPSA) is 46.6 Å². The molecule has 1 fully saturated rings. The van der Waals surface area contributed by atoms with Crippen LogP contribution in [0.25, 0.3) is 0 Å². The van der Waals surface area contributed by atoms with Crippen LogP contribution in [0.3, 0.4) is 0 Å². The molecule has 0 bridgehead atoms. The van der Waals surface area contributed by atoms with Crippen LogP contribution in [0.15, 0.2) is 24.3 Å². The van der Waals surface area contributed by atoms with E-state index in [-0.39, 0.29) is 23.5 Å². The summed E-state index contributed by atoms with van der Waals surface area (Å²) in [5.74, 6) is -0.284. The SMILES string of the molecule is CCCCCC1SCC(C(=O)OCC(C)C)N1C(=O)c1ccc(C(F)(F)F)cc1. The van der Waals surface area contributed by atoms with Gasteiger partial charge in [0.1, 0.15) is 6.04 Å². The molecule has 0 aromatic heterocycles. The summed E-state index contributed by atoms with van der Waals surface area (Å²) in [6, 6.07) is 3.42. The standard InChI is InChI=1S/C21H28F3NO3S/c1-4-5-6-7-18-25(17(13-29-18)20(27)28-12-14(2)3)19(26)15-8-10-16(11-9-15)21(22,23)24/h8-11,14,17-18H,4-7,12-13H2,1-3H3. The van der Waals surface area contributed by atoms with Crippen molar-refractivity contribution in [1.29, 1.82) is 0 Å². The summed E-state index contributed by atoms with van der Waals surface area (Å²) >= 11 is 1.53. The van der Waals surface area contributed by atoms with E-state index in [0.717, 1.165) is 37.8 Å². The zero-order valence-electron chi connectivity index (χ0n) is 17.0. The van der Waals surface area contributed by atoms with E-state index >= 15 is 0 Å². The predicted molar refractivity (Wildman–Crippen MR) is 108 cm³/mol. The van der Waals surface area contributed by atoms with E-state index in [0.29, 0.717) is 5.75 Å². The maximum absolute atomic E-state index is 13.1. The number of thioether (sulfide) groups is 1. The van der Waals surface area contributed by atoms with Crippen molar-refractivity contribution in [2.24, 2.45) is 5.92 Å². The van der Waals surface area contributed by atoms with Gasteiger partial charge in [-0.1, -0.05) is 40.0 Å². The van der Waals surface area contributed by atoms with Gasteiger partial charge in [-0.2, -0.15) is 13.2 Å². The van der Waals surface area contributed by atoms with Crippen molar-refractivity contribution in [1.82, 2.24) is 4.90 Å². The Labute approximate surface area is 174 Å². The molecule has 1 saturated heterocycles. The number of carbonyl (C=O) groups excluding carboxylic acids is 2. The van der Waals surface area contributed by atoms with E-state index < -0.39 is 29.7 Å². The smallest absolute Gasteiger partial charge is 0.416 e. The molecule has 8 heteroatoms. The second-order valence-electron chi connectivity index (χ2n) is 7.61. The molecule has 162 valence electrons. The van der Waals surface area contributed by atoms with Gasteiger partial charge in [-0.3, -0.25) is 4.79 Å². The van der Waals surface area contributed by atoms with Crippen molar-refractivity contribution in [2.45, 2.75) is 64.0 Å². The summed E-state index contributed by atoms with van der Waals surface area (Å²) in [6.07, 6.45) is -0.763. The van der Waals surface area contributed by atoms with Gasteiger partial charge >= 0.3 is 12.1 Å². The van der Waals surface area contributed by atoms with Crippen molar-refractivity contribution in [3.05, 3.63) is 35.4 Å². The van der Waals surface area contributed by atoms with E-state index in [9.17, 15) is 22.8 Å². The number of halogens is 3. The Morgan fingerprint density at radius 3 is 2.41 bits per heavy atom. The average Bonchev–Trinajstić information content (AvgIpc) is 3.09. The zero-order valence-corrected chi connectivity index (χ0v) is 17.8. The second kappa shape index (κ2) is 10.4. The Kier molecular flexibility index (Phi) is 8.43. The molecule has 1 aromatic carbocycles. The highest BCUT2D eigenvalue weighted by molar-refractivity contribution is 8.00. The van der Waals surface area contributed by atoms with E-state index in [1.54, 1.807) is 0 Å². The third-order valence-electron chi connectivity index (χ3n) is 4.67. The molecule has 2 unspecified atom stereocenters. The van der Waals surface area contributed by atoms with Gasteiger partial charge in [0.25, 0.3) is 5.91 Å². The molecular formula is C21H28F3NO3S. The van der Waals surface area contributed by atoms with Crippen LogP contribution in [0, 0.1) is 5.92 Å². The lowest BCUT2D eigenvalue weighted by Crippen LogP contribution is -2.46. The highest BCUT2D eigenvalue weighted by Crippen LogP contribution is 2.35. The lowest BCUT2D eigenvalue weighted by Gasteiger charge is -2.29. The Hall–Kier alpha value is -1.70. The van der Waals surface area contributed by atoms with Crippen LogP contribution in [0.2, 0.25) is 0 Å². The van der Waals surface area contributed by atoms with Gasteiger partial charge in [-0.25, -0.2) is 4.79 Å². The number of esters is 1. The highest BCUT2D eigenvalue weighted by Gasteiger charge is 2.42. The highest BCUT2D eigenvalue weighted by atomic mass is 32.2. The number of hydrogen-bond donors (Lipinski definition) is 0. The van der Waals surface area contributed by atoms with Crippen molar-refractivity contribution in [3.8, 4) is 0 Å². The summed E-state index contributed by atoms with van der Waals surface area (Å²) in [5, 5.41) is -0.187. The van der Waals surface area contributed by atoms with Gasteiger partial charge < -0.3 is 9.64 Å². The monoisotopic (exact) mass is 431 g/mol. The molecule has 1 aliphatic rings. The number of ether oxygens (including phenoxy) is 1. The molecule has 0 radical (unpaired) electrons. The molecule has 2 rings (SSSR count). The Balaban J connectivity index is 2.21. The Bertz CT molecular complexity index is 691. The summed E-state index contributed by atoms with van der Waals surface area (Å²) in [6.45, 7) is 6.20. The number of alkyl halides is 3. The minimum atomic E-state index is -4.46. The fourth-order valence-electron chi connectivity index (χ4n) is 3.10. The summed E-state index contributed by atoms with van der Waals surface area (Å²) < 4.78 is 43.8. The van der Waals surface area contributed by atoms with Gasteiger partial charge in [-0.15, -0.1) is 11.8 Å². The van der Waals surface area contributed by atoms with Crippen molar-refractivity contribution < 1.29 is 27.5 Å². The molecule has 0 N–H and O–H groups in total. The first-order chi connectivity index (χ1) is 13.6. The van der Waals surface area contributed by atoms with Crippen molar-refractivity contribution >= 4 is 23.6 Å². The van der Waals surface area contributed by atoms with Gasteiger partial charge in [0.15, 0.2) is 0 Å². The molecule has 2 atom stereocenters. The zero-order chi connectivity index (χ0) is 21.6. The molecule has 0 spiro atoms. The Morgan fingerprint density at radius 2 is 1.86 bits per heavy atom. The molecule has 1 aromatic rings. The van der Waals surface area contributed by atoms with Crippen LogP contribution >= 0.6 is 11.8 Å². The first-order valence-corrected chi connectivity index (χ1v) is 11.0. The van der Waals surface area contributed by atoms with E-state index in [1.165, 1.54) is 28.8 Å². The van der Waals surface area contributed by atoms with Crippen molar-refractivity contribution in [3.63, 3.8) is 0 Å². The van der Waals surface area contributed by atoms with Crippen LogP contribution in [-0.2, 0) is 15.7 Å². The van der Waals surface area contributed by atoms with E-state index in [4.69, 9.17) is 4.74 Å². The normalized spacial score (nSPS) is 19.6. The second-order valence-corrected chi connectivity index (χ2v) is 8.82. The van der Waals surface area contributed by atoms with Crippen LogP contribution in [0.5, 0.6) is 0 Å². The van der Waals surface area contributed by atoms with E-state index in [2.05, 4.69) is 6.92 Å². The number of hydrogen-bond acceptors (Lipinski definition) is 4. The minimum absolute atomic E-state index is 0.141. The van der Waals surface area contributed by atoms with Gasteiger partial charge in [0, 0.05) is 11.3 Å². The molecular weight excluding hydrogens is 403 g/mol. The molecule has 4 nitrogen and oxygen atoms in total. The third kappa shape index (κ3) is 6.39. The lowest BCUT2D eigenvalue weighted by molar-refractivity contribution is -0.149. The maximum Gasteiger partial charge on any atom is 0.416 e. The third-order valence-corrected chi connectivity index (χ3v) is 6.03. The summed E-state index contributed by atoms with van der Waals surface area (Å²) in [4.78, 5) is 27.2. The average molecular weight is 432 g/mol. The van der Waals surface area contributed by atoms with Crippen LogP contribution in [0.4, 0.5) is 13.2 Å². The molecule has 1 heterocycles. The molecule has 1 aliphatic heterocycles. The predicted octanol–water partition coefficient (Wildman–Crippen LogP) is 5.37. The maximum atomic E-state index is 13.1. The molecule has 29 heavy (non-hydrogen) atoms. The molecule has 0 aliphatic carbocycles. The van der Waals surface area contributed by atoms with Crippen LogP contribution < -0.4 is 0 Å². The van der Waals surface area contributed by atoms with Crippen molar-refractivity contribution in [2.75, 3.05) is 12.4 Å². The van der Waals surface area contributed by atoms with Crippen LogP contribution in [0.1, 0.15) is 62.4 Å². The van der Waals surface area contributed by atoms with Gasteiger partial charge in [-0.05, 0) is 36.6 Å². The van der Waals surface area contributed by atoms with Crippen LogP contribution in [-0.4, -0.2) is 40.6 Å². The Morgan fingerprint density at radius 1 is 1.21 bits per heavy atom. The first-order valence-electron chi connectivity index (χ1n) is 9.93. The fraction of sp³-hybridized carbons (Fsp3) is 0.619. The fourth-order valence-corrected chi connectivity index (χ4v) is 4.54. The molecule has 1 amide bonds. The largest absolute Gasteiger partial charge is 0.464 e. The number of benzene rings is 1. The number of carbonyl (C=O) groups is 2. The number of nitrogens with zero attached hydrogens (tertiary/aromatic N) is 1. The number of unbranched alkanes of at least 4 members (excludes halogenated alkanes) is 2. The molecule has 0 saturated carbocycles. The number of rotatable bonds is 8. The summed E-state index contributed by atoms with van der Waals surface area (Å²) in [5.41, 5.74) is -0.667. The van der Waals surface area contributed by atoms with Gasteiger partial charge in [0.2, 0.25) is 0 Å². The van der Waals surface area contributed by atoms with E-state index in [1.807, 2.05) is 13.8 Å². The van der Waals surface area contributed by atoms with Gasteiger partial charge in [0.05, 0.1) is 17.5 Å². The first kappa shape index (κ1) is 23.6. The number of amides is 1.